The first-order valence-corrected chi connectivity index (χ1v) is 6.14. The number of methoxy groups -OCH3 is 1. The number of hydrogen-bond donors (Lipinski definition) is 2. The molecule has 0 aromatic carbocycles. The zero-order valence-corrected chi connectivity index (χ0v) is 11.6. The molecule has 17 heavy (non-hydrogen) atoms. The molecule has 0 heterocycles. The minimum atomic E-state index is -0.195. The van der Waals surface area contributed by atoms with Gasteiger partial charge >= 0.3 is 0 Å². The van der Waals surface area contributed by atoms with Crippen LogP contribution in [0.25, 0.3) is 0 Å². The van der Waals surface area contributed by atoms with Gasteiger partial charge in [-0.3, -0.25) is 4.79 Å². The van der Waals surface area contributed by atoms with Gasteiger partial charge in [0.25, 0.3) is 0 Å². The Balaban J connectivity index is 0.00000256. The third kappa shape index (κ3) is 4.45. The summed E-state index contributed by atoms with van der Waals surface area (Å²) in [7, 11) is 1.68. The minimum absolute atomic E-state index is 0. The highest BCUT2D eigenvalue weighted by Gasteiger charge is 2.40. The van der Waals surface area contributed by atoms with Crippen LogP contribution in [0, 0.1) is 5.41 Å². The Morgan fingerprint density at radius 3 is 2.53 bits per heavy atom. The Morgan fingerprint density at radius 2 is 2.06 bits per heavy atom. The Bertz CT molecular complexity index is 231. The second-order valence-electron chi connectivity index (χ2n) is 4.84. The fourth-order valence-electron chi connectivity index (χ4n) is 2.38. The van der Waals surface area contributed by atoms with E-state index in [1.54, 1.807) is 7.11 Å². The van der Waals surface area contributed by atoms with Crippen molar-refractivity contribution in [3.8, 4) is 0 Å². The van der Waals surface area contributed by atoms with Gasteiger partial charge in [-0.25, -0.2) is 0 Å². The number of ether oxygens (including phenoxy) is 1. The summed E-state index contributed by atoms with van der Waals surface area (Å²) in [6.07, 6.45) is 5.09. The van der Waals surface area contributed by atoms with Gasteiger partial charge in [-0.1, -0.05) is 12.8 Å². The molecule has 0 aromatic heterocycles. The molecule has 1 aliphatic carbocycles. The molecule has 0 radical (unpaired) electrons. The summed E-state index contributed by atoms with van der Waals surface area (Å²) in [5.41, 5.74) is 5.33. The first-order chi connectivity index (χ1) is 7.64. The molecule has 1 saturated carbocycles. The maximum absolute atomic E-state index is 12.2. The van der Waals surface area contributed by atoms with Gasteiger partial charge in [0.1, 0.15) is 0 Å². The van der Waals surface area contributed by atoms with Crippen LogP contribution in [-0.4, -0.2) is 32.2 Å². The van der Waals surface area contributed by atoms with Crippen LogP contribution < -0.4 is 11.1 Å². The molecule has 0 saturated heterocycles. The van der Waals surface area contributed by atoms with E-state index in [2.05, 4.69) is 5.32 Å². The molecular weight excluding hydrogens is 240 g/mol. The van der Waals surface area contributed by atoms with E-state index in [1.165, 1.54) is 0 Å². The van der Waals surface area contributed by atoms with Gasteiger partial charge in [0.15, 0.2) is 0 Å². The lowest BCUT2D eigenvalue weighted by Crippen LogP contribution is -2.46. The number of amides is 1. The Morgan fingerprint density at radius 1 is 1.47 bits per heavy atom. The monoisotopic (exact) mass is 264 g/mol. The van der Waals surface area contributed by atoms with E-state index in [1.807, 2.05) is 6.92 Å². The molecule has 4 nitrogen and oxygen atoms in total. The number of nitrogens with one attached hydrogen (secondary N) is 1. The summed E-state index contributed by atoms with van der Waals surface area (Å²) in [6, 6.07) is 0.0625. The van der Waals surface area contributed by atoms with Crippen molar-refractivity contribution in [2.24, 2.45) is 11.1 Å². The third-order valence-electron chi connectivity index (χ3n) is 3.56. The highest BCUT2D eigenvalue weighted by molar-refractivity contribution is 5.85. The topological polar surface area (TPSA) is 64.3 Å². The summed E-state index contributed by atoms with van der Waals surface area (Å²) < 4.78 is 5.11. The van der Waals surface area contributed by atoms with Crippen LogP contribution >= 0.6 is 12.4 Å². The van der Waals surface area contributed by atoms with Gasteiger partial charge in [0, 0.05) is 26.3 Å². The largest absolute Gasteiger partial charge is 0.385 e. The first-order valence-electron chi connectivity index (χ1n) is 6.14. The second-order valence-corrected chi connectivity index (χ2v) is 4.84. The lowest BCUT2D eigenvalue weighted by Gasteiger charge is -2.29. The number of nitrogens with two attached hydrogens (primary N) is 1. The van der Waals surface area contributed by atoms with E-state index in [0.29, 0.717) is 13.2 Å². The summed E-state index contributed by atoms with van der Waals surface area (Å²) in [5.74, 6) is 0.167. The van der Waals surface area contributed by atoms with Crippen LogP contribution in [0.4, 0.5) is 0 Å². The van der Waals surface area contributed by atoms with Gasteiger partial charge < -0.3 is 15.8 Å². The lowest BCUT2D eigenvalue weighted by atomic mass is 9.81. The quantitative estimate of drug-likeness (QED) is 0.764. The van der Waals surface area contributed by atoms with Gasteiger partial charge in [0.2, 0.25) is 5.91 Å². The predicted octanol–water partition coefficient (Wildman–Crippen LogP) is 1.47. The molecule has 5 heteroatoms. The number of carbonyl (C=O) groups is 1. The van der Waals surface area contributed by atoms with Crippen molar-refractivity contribution in [1.29, 1.82) is 0 Å². The van der Waals surface area contributed by atoms with Crippen molar-refractivity contribution >= 4 is 18.3 Å². The smallest absolute Gasteiger partial charge is 0.226 e. The molecule has 3 N–H and O–H groups in total. The zero-order valence-electron chi connectivity index (χ0n) is 10.8. The van der Waals surface area contributed by atoms with Crippen molar-refractivity contribution in [3.05, 3.63) is 0 Å². The van der Waals surface area contributed by atoms with Crippen molar-refractivity contribution in [2.75, 3.05) is 20.3 Å². The molecular formula is C12H25ClN2O2. The summed E-state index contributed by atoms with van der Waals surface area (Å²) in [4.78, 5) is 12.2. The lowest BCUT2D eigenvalue weighted by molar-refractivity contribution is -0.132. The Labute approximate surface area is 110 Å². The third-order valence-corrected chi connectivity index (χ3v) is 3.56. The first kappa shape index (κ1) is 16.7. The average Bonchev–Trinajstić information content (AvgIpc) is 2.76. The second kappa shape index (κ2) is 7.90. The molecule has 0 unspecified atom stereocenters. The molecule has 1 atom stereocenters. The molecule has 102 valence electrons. The van der Waals surface area contributed by atoms with Gasteiger partial charge in [-0.15, -0.1) is 12.4 Å². The molecule has 1 aliphatic rings. The van der Waals surface area contributed by atoms with E-state index in [0.717, 1.165) is 32.1 Å². The molecule has 1 rings (SSSR count). The Hall–Kier alpha value is -0.320. The van der Waals surface area contributed by atoms with Crippen molar-refractivity contribution in [2.45, 2.75) is 45.1 Å². The molecule has 0 aliphatic heterocycles. The minimum Gasteiger partial charge on any atom is -0.385 e. The zero-order chi connectivity index (χ0) is 12.0. The van der Waals surface area contributed by atoms with Gasteiger partial charge in [-0.05, 0) is 26.2 Å². The highest BCUT2D eigenvalue weighted by Crippen LogP contribution is 2.41. The number of rotatable bonds is 6. The van der Waals surface area contributed by atoms with Crippen molar-refractivity contribution in [1.82, 2.24) is 5.32 Å². The summed E-state index contributed by atoms with van der Waals surface area (Å²) in [6.45, 7) is 3.09. The van der Waals surface area contributed by atoms with Crippen LogP contribution in [0.2, 0.25) is 0 Å². The van der Waals surface area contributed by atoms with E-state index in [-0.39, 0.29) is 29.8 Å². The van der Waals surface area contributed by atoms with Crippen LogP contribution in [-0.2, 0) is 9.53 Å². The SMILES string of the molecule is COCCC1(C(=O)N[C@@H](C)CN)CCCC1.Cl. The number of halogens is 1. The van der Waals surface area contributed by atoms with Gasteiger partial charge in [0.05, 0.1) is 5.41 Å². The van der Waals surface area contributed by atoms with Crippen LogP contribution in [0.1, 0.15) is 39.0 Å². The highest BCUT2D eigenvalue weighted by atomic mass is 35.5. The van der Waals surface area contributed by atoms with Gasteiger partial charge in [-0.2, -0.15) is 0 Å². The standard InChI is InChI=1S/C12H24N2O2.ClH/c1-10(9-13)14-11(15)12(7-8-16-2)5-3-4-6-12;/h10H,3-9,13H2,1-2H3,(H,14,15);1H/t10-;/m0./s1. The normalized spacial score (nSPS) is 19.5. The maximum Gasteiger partial charge on any atom is 0.226 e. The molecule has 1 amide bonds. The Kier molecular flexibility index (Phi) is 7.75. The number of carbonyl (C=O) groups excluding carboxylic acids is 1. The molecule has 0 aromatic rings. The predicted molar refractivity (Wildman–Crippen MR) is 71.3 cm³/mol. The van der Waals surface area contributed by atoms with Crippen LogP contribution in [0.15, 0.2) is 0 Å². The van der Waals surface area contributed by atoms with E-state index < -0.39 is 0 Å². The average molecular weight is 265 g/mol. The summed E-state index contributed by atoms with van der Waals surface area (Å²) >= 11 is 0. The maximum atomic E-state index is 12.2. The van der Waals surface area contributed by atoms with Crippen LogP contribution in [0.3, 0.4) is 0 Å². The van der Waals surface area contributed by atoms with E-state index in [9.17, 15) is 4.79 Å². The fraction of sp³-hybridized carbons (Fsp3) is 0.917. The fourth-order valence-corrected chi connectivity index (χ4v) is 2.38. The molecule has 1 fully saturated rings. The van der Waals surface area contributed by atoms with Crippen molar-refractivity contribution in [3.63, 3.8) is 0 Å². The van der Waals surface area contributed by atoms with Crippen LogP contribution in [0.5, 0.6) is 0 Å². The van der Waals surface area contributed by atoms with E-state index in [4.69, 9.17) is 10.5 Å². The van der Waals surface area contributed by atoms with E-state index >= 15 is 0 Å². The number of hydrogen-bond acceptors (Lipinski definition) is 3. The molecule has 0 spiro atoms. The molecule has 0 bridgehead atoms. The summed E-state index contributed by atoms with van der Waals surface area (Å²) in [5, 5.41) is 3.00. The van der Waals surface area contributed by atoms with Crippen molar-refractivity contribution < 1.29 is 9.53 Å².